The van der Waals surface area contributed by atoms with Crippen molar-refractivity contribution in [3.63, 3.8) is 0 Å². The number of morpholine rings is 1. The van der Waals surface area contributed by atoms with E-state index >= 15 is 0 Å². The van der Waals surface area contributed by atoms with Gasteiger partial charge in [-0.25, -0.2) is 4.79 Å². The van der Waals surface area contributed by atoms with Gasteiger partial charge in [-0.3, -0.25) is 9.88 Å². The fourth-order valence-corrected chi connectivity index (χ4v) is 2.47. The lowest BCUT2D eigenvalue weighted by atomic mass is 10.1. The third-order valence-electron chi connectivity index (χ3n) is 3.68. The second kappa shape index (κ2) is 8.70. The maximum absolute atomic E-state index is 11.9. The van der Waals surface area contributed by atoms with Gasteiger partial charge in [-0.15, -0.1) is 0 Å². The van der Waals surface area contributed by atoms with Crippen molar-refractivity contribution in [2.75, 3.05) is 39.4 Å². The first-order valence-corrected chi connectivity index (χ1v) is 7.90. The molecule has 1 aliphatic heterocycles. The van der Waals surface area contributed by atoms with Crippen LogP contribution in [0.5, 0.6) is 0 Å². The molecule has 0 saturated carbocycles. The SMILES string of the molecule is CC(C)CNC(=O)NCC(c1cccnc1)N1CCOCC1. The van der Waals surface area contributed by atoms with Crippen LogP contribution < -0.4 is 10.6 Å². The van der Waals surface area contributed by atoms with Gasteiger partial charge in [-0.05, 0) is 17.5 Å². The minimum Gasteiger partial charge on any atom is -0.379 e. The molecule has 0 aromatic carbocycles. The summed E-state index contributed by atoms with van der Waals surface area (Å²) in [6.07, 6.45) is 3.64. The average molecular weight is 306 g/mol. The Morgan fingerprint density at radius 3 is 2.68 bits per heavy atom. The van der Waals surface area contributed by atoms with Crippen molar-refractivity contribution in [3.8, 4) is 0 Å². The van der Waals surface area contributed by atoms with E-state index in [1.54, 1.807) is 6.20 Å². The van der Waals surface area contributed by atoms with Gasteiger partial charge in [0.05, 0.1) is 19.3 Å². The van der Waals surface area contributed by atoms with Gasteiger partial charge in [-0.2, -0.15) is 0 Å². The van der Waals surface area contributed by atoms with E-state index in [2.05, 4.69) is 40.4 Å². The van der Waals surface area contributed by atoms with E-state index in [1.807, 2.05) is 12.3 Å². The predicted molar refractivity (Wildman–Crippen MR) is 85.6 cm³/mol. The van der Waals surface area contributed by atoms with Crippen molar-refractivity contribution in [2.24, 2.45) is 5.92 Å². The van der Waals surface area contributed by atoms with Crippen LogP contribution in [0, 0.1) is 5.92 Å². The van der Waals surface area contributed by atoms with E-state index in [9.17, 15) is 4.79 Å². The van der Waals surface area contributed by atoms with E-state index in [4.69, 9.17) is 4.74 Å². The maximum atomic E-state index is 11.9. The highest BCUT2D eigenvalue weighted by atomic mass is 16.5. The number of hydrogen-bond donors (Lipinski definition) is 2. The quantitative estimate of drug-likeness (QED) is 0.834. The molecule has 22 heavy (non-hydrogen) atoms. The van der Waals surface area contributed by atoms with Crippen LogP contribution in [0.2, 0.25) is 0 Å². The van der Waals surface area contributed by atoms with Crippen molar-refractivity contribution >= 4 is 6.03 Å². The van der Waals surface area contributed by atoms with Crippen molar-refractivity contribution in [3.05, 3.63) is 30.1 Å². The molecule has 0 aliphatic carbocycles. The number of pyridine rings is 1. The van der Waals surface area contributed by atoms with Gasteiger partial charge in [0, 0.05) is 38.6 Å². The second-order valence-corrected chi connectivity index (χ2v) is 5.94. The molecule has 1 atom stereocenters. The number of hydrogen-bond acceptors (Lipinski definition) is 4. The molecule has 0 radical (unpaired) electrons. The average Bonchev–Trinajstić information content (AvgIpc) is 2.55. The zero-order valence-corrected chi connectivity index (χ0v) is 13.4. The smallest absolute Gasteiger partial charge is 0.314 e. The van der Waals surface area contributed by atoms with Crippen molar-refractivity contribution < 1.29 is 9.53 Å². The third-order valence-corrected chi connectivity index (χ3v) is 3.68. The second-order valence-electron chi connectivity index (χ2n) is 5.94. The number of rotatable bonds is 6. The van der Waals surface area contributed by atoms with Crippen LogP contribution in [-0.2, 0) is 4.74 Å². The number of aromatic nitrogens is 1. The Hall–Kier alpha value is -1.66. The Morgan fingerprint density at radius 2 is 2.05 bits per heavy atom. The summed E-state index contributed by atoms with van der Waals surface area (Å²) in [5.74, 6) is 0.444. The zero-order chi connectivity index (χ0) is 15.8. The molecule has 6 nitrogen and oxygen atoms in total. The van der Waals surface area contributed by atoms with Crippen molar-refractivity contribution in [2.45, 2.75) is 19.9 Å². The number of nitrogens with one attached hydrogen (secondary N) is 2. The summed E-state index contributed by atoms with van der Waals surface area (Å²) in [6.45, 7) is 8.60. The maximum Gasteiger partial charge on any atom is 0.314 e. The van der Waals surface area contributed by atoms with Crippen LogP contribution in [0.25, 0.3) is 0 Å². The molecule has 1 aromatic rings. The number of carbonyl (C=O) groups is 1. The summed E-state index contributed by atoms with van der Waals surface area (Å²) >= 11 is 0. The first kappa shape index (κ1) is 16.7. The fraction of sp³-hybridized carbons (Fsp3) is 0.625. The minimum atomic E-state index is -0.115. The van der Waals surface area contributed by atoms with E-state index in [1.165, 1.54) is 0 Å². The monoisotopic (exact) mass is 306 g/mol. The summed E-state index contributed by atoms with van der Waals surface area (Å²) < 4.78 is 5.42. The molecule has 0 bridgehead atoms. The summed E-state index contributed by atoms with van der Waals surface area (Å²) in [7, 11) is 0. The molecule has 1 fully saturated rings. The van der Waals surface area contributed by atoms with Crippen LogP contribution in [0.15, 0.2) is 24.5 Å². The summed E-state index contributed by atoms with van der Waals surface area (Å²) in [4.78, 5) is 18.4. The molecular weight excluding hydrogens is 280 g/mol. The summed E-state index contributed by atoms with van der Waals surface area (Å²) in [5.41, 5.74) is 1.12. The highest BCUT2D eigenvalue weighted by molar-refractivity contribution is 5.73. The molecule has 1 aromatic heterocycles. The number of nitrogens with zero attached hydrogens (tertiary/aromatic N) is 2. The molecule has 2 amide bonds. The Labute approximate surface area is 132 Å². The van der Waals surface area contributed by atoms with E-state index < -0.39 is 0 Å². The number of urea groups is 1. The highest BCUT2D eigenvalue weighted by Gasteiger charge is 2.23. The van der Waals surface area contributed by atoms with Gasteiger partial charge in [0.15, 0.2) is 0 Å². The minimum absolute atomic E-state index is 0.115. The third kappa shape index (κ3) is 5.27. The van der Waals surface area contributed by atoms with E-state index in [0.717, 1.165) is 31.9 Å². The molecule has 2 heterocycles. The number of amides is 2. The summed E-state index contributed by atoms with van der Waals surface area (Å²) in [5, 5.41) is 5.86. The highest BCUT2D eigenvalue weighted by Crippen LogP contribution is 2.20. The molecular formula is C16H26N4O2. The first-order valence-electron chi connectivity index (χ1n) is 7.90. The Balaban J connectivity index is 1.94. The van der Waals surface area contributed by atoms with E-state index in [0.29, 0.717) is 19.0 Å². The van der Waals surface area contributed by atoms with Crippen LogP contribution in [-0.4, -0.2) is 55.3 Å². The molecule has 6 heteroatoms. The largest absolute Gasteiger partial charge is 0.379 e. The van der Waals surface area contributed by atoms with Gasteiger partial charge < -0.3 is 15.4 Å². The lowest BCUT2D eigenvalue weighted by Crippen LogP contribution is -2.46. The predicted octanol–water partition coefficient (Wildman–Crippen LogP) is 1.41. The Bertz CT molecular complexity index is 447. The zero-order valence-electron chi connectivity index (χ0n) is 13.4. The number of carbonyl (C=O) groups excluding carboxylic acids is 1. The fourth-order valence-electron chi connectivity index (χ4n) is 2.47. The molecule has 2 N–H and O–H groups in total. The lowest BCUT2D eigenvalue weighted by molar-refractivity contribution is 0.0166. The first-order chi connectivity index (χ1) is 10.7. The van der Waals surface area contributed by atoms with Crippen LogP contribution in [0.3, 0.4) is 0 Å². The standard InChI is InChI=1S/C16H26N4O2/c1-13(2)10-18-16(21)19-12-15(14-4-3-5-17-11-14)20-6-8-22-9-7-20/h3-5,11,13,15H,6-10,12H2,1-2H3,(H2,18,19,21). The van der Waals surface area contributed by atoms with Gasteiger partial charge >= 0.3 is 6.03 Å². The van der Waals surface area contributed by atoms with Crippen LogP contribution in [0.1, 0.15) is 25.5 Å². The van der Waals surface area contributed by atoms with Crippen LogP contribution >= 0.6 is 0 Å². The molecule has 1 aliphatic rings. The van der Waals surface area contributed by atoms with Gasteiger partial charge in [0.1, 0.15) is 0 Å². The molecule has 122 valence electrons. The van der Waals surface area contributed by atoms with Gasteiger partial charge in [0.2, 0.25) is 0 Å². The normalized spacial score (nSPS) is 17.2. The Kier molecular flexibility index (Phi) is 6.61. The topological polar surface area (TPSA) is 66.5 Å². The van der Waals surface area contributed by atoms with Gasteiger partial charge in [0.25, 0.3) is 0 Å². The van der Waals surface area contributed by atoms with E-state index in [-0.39, 0.29) is 12.1 Å². The molecule has 2 rings (SSSR count). The van der Waals surface area contributed by atoms with Crippen LogP contribution in [0.4, 0.5) is 4.79 Å². The Morgan fingerprint density at radius 1 is 1.32 bits per heavy atom. The van der Waals surface area contributed by atoms with Crippen molar-refractivity contribution in [1.82, 2.24) is 20.5 Å². The van der Waals surface area contributed by atoms with Gasteiger partial charge in [-0.1, -0.05) is 19.9 Å². The number of ether oxygens (including phenoxy) is 1. The summed E-state index contributed by atoms with van der Waals surface area (Å²) in [6, 6.07) is 4.00. The van der Waals surface area contributed by atoms with Crippen molar-refractivity contribution in [1.29, 1.82) is 0 Å². The molecule has 1 saturated heterocycles. The molecule has 0 spiro atoms. The lowest BCUT2D eigenvalue weighted by Gasteiger charge is -2.34. The molecule has 1 unspecified atom stereocenters.